The number of rotatable bonds is 4. The molecule has 2 aromatic heterocycles. The lowest BCUT2D eigenvalue weighted by Gasteiger charge is -2.30. The molecule has 3 heterocycles. The molecule has 0 bridgehead atoms. The molecule has 0 radical (unpaired) electrons. The van der Waals surface area contributed by atoms with Crippen molar-refractivity contribution in [2.45, 2.75) is 53.6 Å². The van der Waals surface area contributed by atoms with Crippen LogP contribution in [-0.4, -0.2) is 25.2 Å². The summed E-state index contributed by atoms with van der Waals surface area (Å²) in [6.45, 7) is 10.4. The van der Waals surface area contributed by atoms with E-state index in [4.69, 9.17) is 4.98 Å². The summed E-state index contributed by atoms with van der Waals surface area (Å²) >= 11 is 0. The molecule has 0 aliphatic carbocycles. The van der Waals surface area contributed by atoms with E-state index in [1.54, 1.807) is 7.05 Å². The lowest BCUT2D eigenvalue weighted by atomic mass is 10.1. The second-order valence-corrected chi connectivity index (χ2v) is 8.51. The molecule has 1 aromatic carbocycles. The van der Waals surface area contributed by atoms with Gasteiger partial charge in [0, 0.05) is 32.4 Å². The summed E-state index contributed by atoms with van der Waals surface area (Å²) in [4.78, 5) is 33.0. The molecule has 154 valence electrons. The van der Waals surface area contributed by atoms with Crippen LogP contribution >= 0.6 is 0 Å². The standard InChI is InChI=1S/C22H29N5O2/c1-14(2)9-12-27-20(28)18-19(24(5)22(27)29)23-21-25(10-6-11-26(18)21)17-8-7-15(3)13-16(17)4/h7-8,13-14H,6,9-12H2,1-5H3. The molecule has 7 nitrogen and oxygen atoms in total. The minimum Gasteiger partial charge on any atom is -0.312 e. The van der Waals surface area contributed by atoms with Crippen LogP contribution in [0, 0.1) is 19.8 Å². The number of hydrogen-bond acceptors (Lipinski definition) is 4. The second kappa shape index (κ2) is 7.21. The summed E-state index contributed by atoms with van der Waals surface area (Å²) in [5.74, 6) is 1.16. The van der Waals surface area contributed by atoms with Crippen molar-refractivity contribution in [1.82, 2.24) is 18.7 Å². The van der Waals surface area contributed by atoms with E-state index in [1.807, 2.05) is 4.57 Å². The molecule has 0 saturated heterocycles. The van der Waals surface area contributed by atoms with Gasteiger partial charge < -0.3 is 9.47 Å². The zero-order valence-electron chi connectivity index (χ0n) is 17.9. The number of hydrogen-bond donors (Lipinski definition) is 0. The van der Waals surface area contributed by atoms with Gasteiger partial charge in [-0.15, -0.1) is 0 Å². The highest BCUT2D eigenvalue weighted by Crippen LogP contribution is 2.33. The number of aromatic nitrogens is 4. The van der Waals surface area contributed by atoms with Crippen molar-refractivity contribution >= 4 is 22.8 Å². The lowest BCUT2D eigenvalue weighted by Crippen LogP contribution is -2.40. The summed E-state index contributed by atoms with van der Waals surface area (Å²) < 4.78 is 4.88. The van der Waals surface area contributed by atoms with Crippen molar-refractivity contribution < 1.29 is 0 Å². The molecular formula is C22H29N5O2. The van der Waals surface area contributed by atoms with Gasteiger partial charge in [-0.1, -0.05) is 31.5 Å². The summed E-state index contributed by atoms with van der Waals surface area (Å²) in [7, 11) is 1.70. The van der Waals surface area contributed by atoms with Gasteiger partial charge >= 0.3 is 5.69 Å². The fraction of sp³-hybridized carbons (Fsp3) is 0.500. The van der Waals surface area contributed by atoms with Gasteiger partial charge in [-0.3, -0.25) is 13.9 Å². The van der Waals surface area contributed by atoms with Crippen LogP contribution in [0.2, 0.25) is 0 Å². The molecule has 0 unspecified atom stereocenters. The van der Waals surface area contributed by atoms with Crippen molar-refractivity contribution in [2.24, 2.45) is 13.0 Å². The van der Waals surface area contributed by atoms with E-state index in [-0.39, 0.29) is 11.2 Å². The number of imidazole rings is 1. The predicted molar refractivity (Wildman–Crippen MR) is 116 cm³/mol. The Kier molecular flexibility index (Phi) is 4.84. The third kappa shape index (κ3) is 3.18. The van der Waals surface area contributed by atoms with Gasteiger partial charge in [0.1, 0.15) is 0 Å². The van der Waals surface area contributed by atoms with Gasteiger partial charge in [0.25, 0.3) is 5.56 Å². The van der Waals surface area contributed by atoms with Gasteiger partial charge in [0.05, 0.1) is 0 Å². The molecule has 0 saturated carbocycles. The zero-order chi connectivity index (χ0) is 20.9. The minimum absolute atomic E-state index is 0.232. The maximum Gasteiger partial charge on any atom is 0.332 e. The van der Waals surface area contributed by atoms with Crippen LogP contribution in [0.3, 0.4) is 0 Å². The maximum atomic E-state index is 13.3. The van der Waals surface area contributed by atoms with Crippen LogP contribution in [0.1, 0.15) is 37.8 Å². The van der Waals surface area contributed by atoms with Crippen LogP contribution in [0.25, 0.3) is 11.2 Å². The summed E-state index contributed by atoms with van der Waals surface area (Å²) in [6, 6.07) is 6.36. The van der Waals surface area contributed by atoms with E-state index in [1.165, 1.54) is 20.3 Å². The largest absolute Gasteiger partial charge is 0.332 e. The Labute approximate surface area is 170 Å². The van der Waals surface area contributed by atoms with E-state index in [0.29, 0.717) is 23.6 Å². The molecule has 0 atom stereocenters. The smallest absolute Gasteiger partial charge is 0.312 e. The number of aryl methyl sites for hydroxylation is 4. The normalized spacial score (nSPS) is 14.1. The van der Waals surface area contributed by atoms with E-state index in [2.05, 4.69) is 50.8 Å². The van der Waals surface area contributed by atoms with Crippen LogP contribution in [0.15, 0.2) is 27.8 Å². The number of fused-ring (bicyclic) bond motifs is 3. The molecule has 0 spiro atoms. The van der Waals surface area contributed by atoms with E-state index < -0.39 is 0 Å². The summed E-state index contributed by atoms with van der Waals surface area (Å²) in [5.41, 5.74) is 3.95. The molecule has 0 amide bonds. The first-order chi connectivity index (χ1) is 13.8. The van der Waals surface area contributed by atoms with Crippen molar-refractivity contribution in [1.29, 1.82) is 0 Å². The fourth-order valence-corrected chi connectivity index (χ4v) is 4.19. The van der Waals surface area contributed by atoms with Crippen LogP contribution in [0.5, 0.6) is 0 Å². The zero-order valence-corrected chi connectivity index (χ0v) is 17.9. The highest BCUT2D eigenvalue weighted by atomic mass is 16.2. The number of benzene rings is 1. The van der Waals surface area contributed by atoms with Crippen LogP contribution in [-0.2, 0) is 20.1 Å². The van der Waals surface area contributed by atoms with Crippen molar-refractivity contribution in [2.75, 3.05) is 11.4 Å². The monoisotopic (exact) mass is 395 g/mol. The Morgan fingerprint density at radius 1 is 1.14 bits per heavy atom. The first-order valence-electron chi connectivity index (χ1n) is 10.3. The van der Waals surface area contributed by atoms with Crippen molar-refractivity contribution in [3.63, 3.8) is 0 Å². The average Bonchev–Trinajstić information content (AvgIpc) is 3.06. The van der Waals surface area contributed by atoms with E-state index >= 15 is 0 Å². The second-order valence-electron chi connectivity index (χ2n) is 8.51. The Balaban J connectivity index is 1.93. The maximum absolute atomic E-state index is 13.3. The topological polar surface area (TPSA) is 65.1 Å². The quantitative estimate of drug-likeness (QED) is 0.681. The Hall–Kier alpha value is -2.83. The van der Waals surface area contributed by atoms with Gasteiger partial charge in [-0.2, -0.15) is 4.98 Å². The van der Waals surface area contributed by atoms with Crippen molar-refractivity contribution in [3.8, 4) is 0 Å². The Bertz CT molecular complexity index is 1200. The van der Waals surface area contributed by atoms with Gasteiger partial charge in [0.15, 0.2) is 11.2 Å². The lowest BCUT2D eigenvalue weighted by molar-refractivity contribution is 0.487. The highest BCUT2D eigenvalue weighted by molar-refractivity contribution is 5.77. The first-order valence-corrected chi connectivity index (χ1v) is 10.3. The fourth-order valence-electron chi connectivity index (χ4n) is 4.19. The first kappa shape index (κ1) is 19.5. The van der Waals surface area contributed by atoms with Crippen LogP contribution in [0.4, 0.5) is 11.6 Å². The van der Waals surface area contributed by atoms with E-state index in [9.17, 15) is 9.59 Å². The molecule has 0 N–H and O–H groups in total. The molecule has 4 rings (SSSR count). The molecule has 1 aliphatic rings. The van der Waals surface area contributed by atoms with Gasteiger partial charge in [-0.05, 0) is 44.2 Å². The van der Waals surface area contributed by atoms with Crippen molar-refractivity contribution in [3.05, 3.63) is 50.2 Å². The summed E-state index contributed by atoms with van der Waals surface area (Å²) in [5, 5.41) is 0. The summed E-state index contributed by atoms with van der Waals surface area (Å²) in [6.07, 6.45) is 1.70. The molecular weight excluding hydrogens is 366 g/mol. The molecule has 3 aromatic rings. The van der Waals surface area contributed by atoms with Crippen LogP contribution < -0.4 is 16.1 Å². The van der Waals surface area contributed by atoms with Gasteiger partial charge in [0.2, 0.25) is 5.95 Å². The van der Waals surface area contributed by atoms with Gasteiger partial charge in [-0.25, -0.2) is 4.79 Å². The molecule has 0 fully saturated rings. The van der Waals surface area contributed by atoms with E-state index in [0.717, 1.165) is 37.6 Å². The molecule has 29 heavy (non-hydrogen) atoms. The highest BCUT2D eigenvalue weighted by Gasteiger charge is 2.27. The Morgan fingerprint density at radius 3 is 2.59 bits per heavy atom. The SMILES string of the molecule is Cc1ccc(N2CCCn3c2nc2c3c(=O)n(CCC(C)C)c(=O)n2C)c(C)c1. The third-order valence-corrected chi connectivity index (χ3v) is 5.79. The number of anilines is 2. The predicted octanol–water partition coefficient (Wildman–Crippen LogP) is 3.10. The third-order valence-electron chi connectivity index (χ3n) is 5.79. The number of nitrogens with zero attached hydrogens (tertiary/aromatic N) is 5. The average molecular weight is 396 g/mol. The molecule has 1 aliphatic heterocycles. The Morgan fingerprint density at radius 2 is 1.90 bits per heavy atom. The molecule has 7 heteroatoms. The minimum atomic E-state index is -0.295.